The fraction of sp³-hybridized carbons (Fsp3) is 0.750. The van der Waals surface area contributed by atoms with Crippen LogP contribution in [-0.2, 0) is 19.1 Å². The van der Waals surface area contributed by atoms with Crippen LogP contribution in [0.4, 0.5) is 0 Å². The molecule has 5 heteroatoms. The van der Waals surface area contributed by atoms with Crippen molar-refractivity contribution in [1.82, 2.24) is 0 Å². The van der Waals surface area contributed by atoms with E-state index in [0.29, 0.717) is 13.2 Å². The zero-order chi connectivity index (χ0) is 9.40. The molecule has 1 radical (unpaired) electrons. The number of esters is 2. The number of hydrogen-bond acceptors (Lipinski definition) is 4. The van der Waals surface area contributed by atoms with Crippen molar-refractivity contribution in [2.75, 3.05) is 13.2 Å². The Morgan fingerprint density at radius 3 is 1.46 bits per heavy atom. The molecule has 0 aromatic carbocycles. The molecule has 0 atom stereocenters. The second kappa shape index (κ2) is 9.62. The number of hydrogen-bond donors (Lipinski definition) is 0. The zero-order valence-electron chi connectivity index (χ0n) is 8.46. The summed E-state index contributed by atoms with van der Waals surface area (Å²) in [5.74, 6) is -0.712. The number of rotatable bonds is 5. The van der Waals surface area contributed by atoms with Crippen LogP contribution in [0.2, 0.25) is 0 Å². The molecule has 4 nitrogen and oxygen atoms in total. The van der Waals surface area contributed by atoms with Crippen LogP contribution in [0.1, 0.15) is 26.7 Å². The van der Waals surface area contributed by atoms with E-state index >= 15 is 0 Å². The van der Waals surface area contributed by atoms with Gasteiger partial charge in [0.2, 0.25) is 0 Å². The third kappa shape index (κ3) is 9.45. The summed E-state index contributed by atoms with van der Waals surface area (Å²) in [6, 6.07) is 0. The van der Waals surface area contributed by atoms with Gasteiger partial charge in [0.15, 0.2) is 0 Å². The molecule has 0 unspecified atom stereocenters. The SMILES string of the molecule is CCOC(=O)CCC(=O)OCC.[Li]. The maximum Gasteiger partial charge on any atom is 0.306 e. The third-order valence-electron chi connectivity index (χ3n) is 1.14. The summed E-state index contributed by atoms with van der Waals surface area (Å²) in [6.45, 7) is 4.15. The predicted octanol–water partition coefficient (Wildman–Crippen LogP) is 0.512. The summed E-state index contributed by atoms with van der Waals surface area (Å²) in [6.07, 6.45) is 0.208. The first-order chi connectivity index (χ1) is 5.70. The number of carbonyl (C=O) groups excluding carboxylic acids is 2. The summed E-state index contributed by atoms with van der Waals surface area (Å²) in [4.78, 5) is 21.4. The standard InChI is InChI=1S/C8H14O4.Li/c1-3-11-7(9)5-6-8(10)12-4-2;/h3-6H2,1-2H3;. The Hall–Kier alpha value is -0.463. The first kappa shape index (κ1) is 15.0. The smallest absolute Gasteiger partial charge is 0.306 e. The van der Waals surface area contributed by atoms with Crippen molar-refractivity contribution in [3.8, 4) is 0 Å². The average Bonchev–Trinajstić information content (AvgIpc) is 2.02. The molecular formula is C8H14LiO4. The van der Waals surface area contributed by atoms with E-state index in [4.69, 9.17) is 0 Å². The Balaban J connectivity index is 0. The molecule has 0 amide bonds. The van der Waals surface area contributed by atoms with Gasteiger partial charge in [0, 0.05) is 18.9 Å². The van der Waals surface area contributed by atoms with Crippen molar-refractivity contribution in [2.24, 2.45) is 0 Å². The molecule has 0 heterocycles. The van der Waals surface area contributed by atoms with Crippen molar-refractivity contribution in [3.63, 3.8) is 0 Å². The van der Waals surface area contributed by atoms with Gasteiger partial charge in [-0.15, -0.1) is 0 Å². The molecular weight excluding hydrogens is 167 g/mol. The van der Waals surface area contributed by atoms with E-state index in [0.717, 1.165) is 0 Å². The molecule has 13 heavy (non-hydrogen) atoms. The molecule has 0 saturated heterocycles. The summed E-state index contributed by atoms with van der Waals surface area (Å²) in [7, 11) is 0. The quantitative estimate of drug-likeness (QED) is 0.458. The van der Waals surface area contributed by atoms with Crippen LogP contribution in [0.15, 0.2) is 0 Å². The molecule has 0 saturated carbocycles. The molecule has 0 fully saturated rings. The second-order valence-corrected chi connectivity index (χ2v) is 2.11. The van der Waals surface area contributed by atoms with Gasteiger partial charge in [-0.25, -0.2) is 0 Å². The summed E-state index contributed by atoms with van der Waals surface area (Å²) in [5, 5.41) is 0. The summed E-state index contributed by atoms with van der Waals surface area (Å²) < 4.78 is 9.25. The minimum absolute atomic E-state index is 0. The Kier molecular flexibility index (Phi) is 11.1. The van der Waals surface area contributed by atoms with Crippen LogP contribution in [0.5, 0.6) is 0 Å². The van der Waals surface area contributed by atoms with E-state index < -0.39 is 0 Å². The van der Waals surface area contributed by atoms with Gasteiger partial charge in [0.05, 0.1) is 26.1 Å². The third-order valence-corrected chi connectivity index (χ3v) is 1.14. The molecule has 0 spiro atoms. The van der Waals surface area contributed by atoms with E-state index in [1.807, 2.05) is 0 Å². The van der Waals surface area contributed by atoms with E-state index in [9.17, 15) is 9.59 Å². The molecule has 0 aliphatic rings. The fourth-order valence-electron chi connectivity index (χ4n) is 0.670. The maximum absolute atomic E-state index is 10.7. The van der Waals surface area contributed by atoms with E-state index in [-0.39, 0.29) is 43.6 Å². The normalized spacial score (nSPS) is 8.46. The van der Waals surface area contributed by atoms with Crippen LogP contribution in [0.3, 0.4) is 0 Å². The van der Waals surface area contributed by atoms with E-state index in [1.165, 1.54) is 0 Å². The largest absolute Gasteiger partial charge is 0.466 e. The van der Waals surface area contributed by atoms with Crippen LogP contribution >= 0.6 is 0 Å². The molecule has 0 rings (SSSR count). The van der Waals surface area contributed by atoms with Gasteiger partial charge in [-0.1, -0.05) is 0 Å². The van der Waals surface area contributed by atoms with Crippen molar-refractivity contribution in [1.29, 1.82) is 0 Å². The first-order valence-corrected chi connectivity index (χ1v) is 4.02. The number of carbonyl (C=O) groups is 2. The molecule has 0 aliphatic heterocycles. The topological polar surface area (TPSA) is 52.6 Å². The van der Waals surface area contributed by atoms with Gasteiger partial charge in [0.1, 0.15) is 0 Å². The first-order valence-electron chi connectivity index (χ1n) is 4.02. The van der Waals surface area contributed by atoms with Gasteiger partial charge < -0.3 is 9.47 Å². The zero-order valence-corrected chi connectivity index (χ0v) is 8.46. The Bertz CT molecular complexity index is 140. The van der Waals surface area contributed by atoms with Gasteiger partial charge in [-0.05, 0) is 13.8 Å². The van der Waals surface area contributed by atoms with Crippen molar-refractivity contribution < 1.29 is 19.1 Å². The molecule has 0 aromatic heterocycles. The Morgan fingerprint density at radius 2 is 1.23 bits per heavy atom. The van der Waals surface area contributed by atoms with Crippen molar-refractivity contribution >= 4 is 30.8 Å². The summed E-state index contributed by atoms with van der Waals surface area (Å²) in [5.41, 5.74) is 0. The van der Waals surface area contributed by atoms with Gasteiger partial charge >= 0.3 is 11.9 Å². The van der Waals surface area contributed by atoms with Crippen LogP contribution < -0.4 is 0 Å². The molecule has 71 valence electrons. The van der Waals surface area contributed by atoms with Crippen LogP contribution in [0.25, 0.3) is 0 Å². The van der Waals surface area contributed by atoms with Crippen LogP contribution in [0, 0.1) is 0 Å². The second-order valence-electron chi connectivity index (χ2n) is 2.11. The minimum atomic E-state index is -0.356. The van der Waals surface area contributed by atoms with Gasteiger partial charge in [0.25, 0.3) is 0 Å². The van der Waals surface area contributed by atoms with Crippen molar-refractivity contribution in [3.05, 3.63) is 0 Å². The van der Waals surface area contributed by atoms with Crippen molar-refractivity contribution in [2.45, 2.75) is 26.7 Å². The molecule has 0 N–H and O–H groups in total. The predicted molar refractivity (Wildman–Crippen MR) is 48.3 cm³/mol. The Labute approximate surface area is 90.1 Å². The molecule has 0 bridgehead atoms. The van der Waals surface area contributed by atoms with E-state index in [2.05, 4.69) is 9.47 Å². The molecule has 0 aromatic rings. The average molecular weight is 181 g/mol. The van der Waals surface area contributed by atoms with Gasteiger partial charge in [-0.2, -0.15) is 0 Å². The monoisotopic (exact) mass is 181 g/mol. The summed E-state index contributed by atoms with van der Waals surface area (Å²) >= 11 is 0. The minimum Gasteiger partial charge on any atom is -0.466 e. The van der Waals surface area contributed by atoms with E-state index in [1.54, 1.807) is 13.8 Å². The fourth-order valence-corrected chi connectivity index (χ4v) is 0.670. The molecule has 0 aliphatic carbocycles. The Morgan fingerprint density at radius 1 is 0.923 bits per heavy atom. The maximum atomic E-state index is 10.7. The van der Waals surface area contributed by atoms with Gasteiger partial charge in [-0.3, -0.25) is 9.59 Å². The number of ether oxygens (including phenoxy) is 2. The van der Waals surface area contributed by atoms with Crippen LogP contribution in [-0.4, -0.2) is 44.0 Å².